The molecule has 2 aromatic rings. The van der Waals surface area contributed by atoms with Crippen LogP contribution in [0.1, 0.15) is 20.8 Å². The zero-order chi connectivity index (χ0) is 23.9. The molecule has 2 aromatic carbocycles. The van der Waals surface area contributed by atoms with Crippen LogP contribution in [0, 0.1) is 0 Å². The molecule has 1 amide bonds. The molecule has 9 nitrogen and oxygen atoms in total. The van der Waals surface area contributed by atoms with Crippen molar-refractivity contribution in [2.24, 2.45) is 0 Å². The first-order chi connectivity index (χ1) is 15.1. The first-order valence-corrected chi connectivity index (χ1v) is 13.0. The van der Waals surface area contributed by atoms with Gasteiger partial charge in [-0.1, -0.05) is 32.0 Å². The van der Waals surface area contributed by atoms with Gasteiger partial charge in [-0.25, -0.2) is 16.8 Å². The minimum atomic E-state index is -3.84. The molecule has 32 heavy (non-hydrogen) atoms. The predicted molar refractivity (Wildman–Crippen MR) is 123 cm³/mol. The van der Waals surface area contributed by atoms with Crippen molar-refractivity contribution < 1.29 is 26.4 Å². The number of hydrogen-bond donors (Lipinski definition) is 1. The van der Waals surface area contributed by atoms with Gasteiger partial charge in [-0.05, 0) is 37.3 Å². The average molecular weight is 484 g/mol. The van der Waals surface area contributed by atoms with Crippen molar-refractivity contribution in [2.75, 3.05) is 38.6 Å². The highest BCUT2D eigenvalue weighted by Gasteiger charge is 2.27. The van der Waals surface area contributed by atoms with E-state index < -0.39 is 32.5 Å². The summed E-state index contributed by atoms with van der Waals surface area (Å²) in [5, 5.41) is 2.57. The van der Waals surface area contributed by atoms with Crippen LogP contribution in [-0.2, 0) is 24.8 Å². The lowest BCUT2D eigenvalue weighted by molar-refractivity contribution is -0.116. The molecule has 0 saturated carbocycles. The minimum absolute atomic E-state index is 0.0638. The average Bonchev–Trinajstić information content (AvgIpc) is 2.76. The molecule has 0 unspecified atom stereocenters. The van der Waals surface area contributed by atoms with Gasteiger partial charge in [0.1, 0.15) is 10.6 Å². The van der Waals surface area contributed by atoms with Gasteiger partial charge in [-0.2, -0.15) is 8.61 Å². The third kappa shape index (κ3) is 5.85. The highest BCUT2D eigenvalue weighted by Crippen LogP contribution is 2.30. The highest BCUT2D eigenvalue weighted by atomic mass is 32.2. The molecular weight excluding hydrogens is 454 g/mol. The van der Waals surface area contributed by atoms with Gasteiger partial charge in [0, 0.05) is 25.8 Å². The molecule has 1 N–H and O–H groups in total. The standard InChI is InChI=1S/C21H29N3O6S2/c1-5-24(6-2)32(28,29)20-15-17(13-14-19(20)30-7-3)22-21(25)16-23(4)31(26,27)18-11-9-8-10-12-18/h8-15H,5-7,16H2,1-4H3,(H,22,25). The Kier molecular flexibility index (Phi) is 8.79. The molecule has 0 aromatic heterocycles. The fourth-order valence-corrected chi connectivity index (χ4v) is 5.79. The Morgan fingerprint density at radius 2 is 1.56 bits per heavy atom. The number of likely N-dealkylation sites (N-methyl/N-ethyl adjacent to an activating group) is 1. The van der Waals surface area contributed by atoms with Crippen LogP contribution < -0.4 is 10.1 Å². The van der Waals surface area contributed by atoms with E-state index in [1.54, 1.807) is 39.0 Å². The molecule has 0 aliphatic rings. The maximum absolute atomic E-state index is 13.0. The summed E-state index contributed by atoms with van der Waals surface area (Å²) in [6.45, 7) is 5.60. The summed E-state index contributed by atoms with van der Waals surface area (Å²) in [5.41, 5.74) is 0.217. The second-order valence-corrected chi connectivity index (χ2v) is 10.8. The van der Waals surface area contributed by atoms with Crippen molar-refractivity contribution in [3.05, 3.63) is 48.5 Å². The molecule has 2 rings (SSSR count). The lowest BCUT2D eigenvalue weighted by Crippen LogP contribution is -2.35. The van der Waals surface area contributed by atoms with Gasteiger partial charge in [0.25, 0.3) is 0 Å². The van der Waals surface area contributed by atoms with Crippen LogP contribution in [0.3, 0.4) is 0 Å². The van der Waals surface area contributed by atoms with Crippen molar-refractivity contribution in [3.63, 3.8) is 0 Å². The number of sulfonamides is 2. The summed E-state index contributed by atoms with van der Waals surface area (Å²) >= 11 is 0. The molecule has 11 heteroatoms. The first-order valence-electron chi connectivity index (χ1n) is 10.2. The van der Waals surface area contributed by atoms with E-state index in [-0.39, 0.29) is 40.9 Å². The van der Waals surface area contributed by atoms with E-state index in [0.717, 1.165) is 4.31 Å². The second-order valence-electron chi connectivity index (χ2n) is 6.81. The summed E-state index contributed by atoms with van der Waals surface area (Å²) in [7, 11) is -6.38. The summed E-state index contributed by atoms with van der Waals surface area (Å²) in [4.78, 5) is 12.5. The highest BCUT2D eigenvalue weighted by molar-refractivity contribution is 7.89. The summed E-state index contributed by atoms with van der Waals surface area (Å²) in [5.74, 6) is -0.427. The monoisotopic (exact) mass is 483 g/mol. The number of nitrogens with zero attached hydrogens (tertiary/aromatic N) is 2. The molecule has 0 radical (unpaired) electrons. The Morgan fingerprint density at radius 1 is 0.938 bits per heavy atom. The topological polar surface area (TPSA) is 113 Å². The number of hydrogen-bond acceptors (Lipinski definition) is 6. The fraction of sp³-hybridized carbons (Fsp3) is 0.381. The summed E-state index contributed by atoms with van der Waals surface area (Å²) in [6, 6.07) is 12.1. The number of rotatable bonds is 11. The second kappa shape index (κ2) is 10.9. The maximum atomic E-state index is 13.0. The Hall–Kier alpha value is -2.47. The third-order valence-corrected chi connectivity index (χ3v) is 8.56. The Bertz CT molecular complexity index is 1130. The first kappa shape index (κ1) is 25.8. The normalized spacial score (nSPS) is 12.2. The molecule has 176 valence electrons. The summed E-state index contributed by atoms with van der Waals surface area (Å²) < 4.78 is 59.0. The minimum Gasteiger partial charge on any atom is -0.492 e. The van der Waals surface area contributed by atoms with E-state index in [2.05, 4.69) is 5.32 Å². The number of nitrogens with one attached hydrogen (secondary N) is 1. The predicted octanol–water partition coefficient (Wildman–Crippen LogP) is 2.38. The molecule has 0 bridgehead atoms. The molecule has 0 saturated heterocycles. The zero-order valence-corrected chi connectivity index (χ0v) is 20.2. The van der Waals surface area contributed by atoms with Crippen LogP contribution in [0.5, 0.6) is 5.75 Å². The van der Waals surface area contributed by atoms with Crippen LogP contribution in [0.25, 0.3) is 0 Å². The van der Waals surface area contributed by atoms with E-state index in [4.69, 9.17) is 4.74 Å². The van der Waals surface area contributed by atoms with Gasteiger partial charge in [0.05, 0.1) is 18.0 Å². The summed E-state index contributed by atoms with van der Waals surface area (Å²) in [6.07, 6.45) is 0. The number of ether oxygens (including phenoxy) is 1. The van der Waals surface area contributed by atoms with Gasteiger partial charge < -0.3 is 10.1 Å². The molecule has 0 spiro atoms. The van der Waals surface area contributed by atoms with Gasteiger partial charge >= 0.3 is 0 Å². The zero-order valence-electron chi connectivity index (χ0n) is 18.6. The Morgan fingerprint density at radius 3 is 2.12 bits per heavy atom. The van der Waals surface area contributed by atoms with Crippen molar-refractivity contribution in [2.45, 2.75) is 30.6 Å². The SMILES string of the molecule is CCOc1ccc(NC(=O)CN(C)S(=O)(=O)c2ccccc2)cc1S(=O)(=O)N(CC)CC. The van der Waals surface area contributed by atoms with Crippen LogP contribution in [0.2, 0.25) is 0 Å². The quantitative estimate of drug-likeness (QED) is 0.525. The number of carbonyl (C=O) groups excluding carboxylic acids is 1. The number of anilines is 1. The van der Waals surface area contributed by atoms with Gasteiger partial charge in [0.15, 0.2) is 0 Å². The van der Waals surface area contributed by atoms with Crippen LogP contribution >= 0.6 is 0 Å². The number of benzene rings is 2. The molecule has 0 aliphatic carbocycles. The molecule has 0 fully saturated rings. The smallest absolute Gasteiger partial charge is 0.246 e. The van der Waals surface area contributed by atoms with E-state index in [1.807, 2.05) is 0 Å². The van der Waals surface area contributed by atoms with Crippen LogP contribution in [0.15, 0.2) is 58.3 Å². The van der Waals surface area contributed by atoms with Crippen molar-refractivity contribution in [1.29, 1.82) is 0 Å². The molecule has 0 atom stereocenters. The molecular formula is C21H29N3O6S2. The van der Waals surface area contributed by atoms with Gasteiger partial charge in [-0.3, -0.25) is 4.79 Å². The van der Waals surface area contributed by atoms with Crippen molar-refractivity contribution in [1.82, 2.24) is 8.61 Å². The maximum Gasteiger partial charge on any atom is 0.246 e. The fourth-order valence-electron chi connectivity index (χ4n) is 3.02. The van der Waals surface area contributed by atoms with E-state index in [9.17, 15) is 21.6 Å². The Labute approximate surface area is 190 Å². The van der Waals surface area contributed by atoms with Crippen molar-refractivity contribution >= 4 is 31.6 Å². The van der Waals surface area contributed by atoms with E-state index in [1.165, 1.54) is 41.7 Å². The number of amides is 1. The third-order valence-electron chi connectivity index (χ3n) is 4.67. The van der Waals surface area contributed by atoms with Gasteiger partial charge in [0.2, 0.25) is 26.0 Å². The van der Waals surface area contributed by atoms with Gasteiger partial charge in [-0.15, -0.1) is 0 Å². The Balaban J connectivity index is 2.26. The van der Waals surface area contributed by atoms with E-state index >= 15 is 0 Å². The lowest BCUT2D eigenvalue weighted by Gasteiger charge is -2.21. The molecule has 0 aliphatic heterocycles. The van der Waals surface area contributed by atoms with Crippen molar-refractivity contribution in [3.8, 4) is 5.75 Å². The van der Waals surface area contributed by atoms with Crippen LogP contribution in [0.4, 0.5) is 5.69 Å². The molecule has 0 heterocycles. The largest absolute Gasteiger partial charge is 0.492 e. The van der Waals surface area contributed by atoms with Crippen LogP contribution in [-0.4, -0.2) is 64.6 Å². The van der Waals surface area contributed by atoms with E-state index in [0.29, 0.717) is 0 Å². The number of carbonyl (C=O) groups is 1. The lowest BCUT2D eigenvalue weighted by atomic mass is 10.3.